The van der Waals surface area contributed by atoms with Crippen molar-refractivity contribution < 1.29 is 23.9 Å². The zero-order valence-corrected chi connectivity index (χ0v) is 21.6. The molecule has 38 heavy (non-hydrogen) atoms. The lowest BCUT2D eigenvalue weighted by molar-refractivity contribution is -0.123. The zero-order chi connectivity index (χ0) is 26.6. The van der Waals surface area contributed by atoms with E-state index in [4.69, 9.17) is 9.47 Å². The Morgan fingerprint density at radius 3 is 2.34 bits per heavy atom. The normalized spacial score (nSPS) is 18.3. The van der Waals surface area contributed by atoms with Crippen LogP contribution in [0, 0.1) is 5.92 Å². The van der Waals surface area contributed by atoms with Crippen molar-refractivity contribution in [1.82, 2.24) is 5.32 Å². The molecule has 196 valence electrons. The molecule has 3 amide bonds. The van der Waals surface area contributed by atoms with Gasteiger partial charge in [-0.3, -0.25) is 14.4 Å². The summed E-state index contributed by atoms with van der Waals surface area (Å²) in [6, 6.07) is 22.0. The number of carbonyl (C=O) groups is 3. The van der Waals surface area contributed by atoms with Gasteiger partial charge in [-0.05, 0) is 48.7 Å². The van der Waals surface area contributed by atoms with Crippen molar-refractivity contribution in [2.24, 2.45) is 5.92 Å². The molecule has 0 radical (unpaired) electrons. The maximum atomic E-state index is 13.8. The van der Waals surface area contributed by atoms with Gasteiger partial charge in [-0.15, -0.1) is 0 Å². The van der Waals surface area contributed by atoms with E-state index in [-0.39, 0.29) is 30.3 Å². The summed E-state index contributed by atoms with van der Waals surface area (Å²) in [5.41, 5.74) is 2.77. The number of ether oxygens (including phenoxy) is 2. The van der Waals surface area contributed by atoms with Crippen molar-refractivity contribution in [1.29, 1.82) is 0 Å². The van der Waals surface area contributed by atoms with Crippen LogP contribution in [0.25, 0.3) is 0 Å². The van der Waals surface area contributed by atoms with E-state index in [1.54, 1.807) is 23.1 Å². The quantitative estimate of drug-likeness (QED) is 0.512. The highest BCUT2D eigenvalue weighted by atomic mass is 16.5. The fourth-order valence-corrected chi connectivity index (χ4v) is 5.50. The van der Waals surface area contributed by atoms with Crippen LogP contribution < -0.4 is 24.6 Å². The Morgan fingerprint density at radius 2 is 1.61 bits per heavy atom. The summed E-state index contributed by atoms with van der Waals surface area (Å²) in [5, 5.41) is 2.75. The summed E-state index contributed by atoms with van der Waals surface area (Å²) in [5.74, 6) is 0.0341. The number of amides is 3. The van der Waals surface area contributed by atoms with Gasteiger partial charge in [-0.1, -0.05) is 48.9 Å². The molecule has 0 spiro atoms. The van der Waals surface area contributed by atoms with Crippen LogP contribution in [-0.4, -0.2) is 44.5 Å². The Balaban J connectivity index is 1.42. The van der Waals surface area contributed by atoms with Gasteiger partial charge >= 0.3 is 0 Å². The molecule has 3 aromatic carbocycles. The standard InChI is InChI=1S/C30H31N3O5/c1-37-26-16-15-21(17-27(26)38-2)29(35)31-18-28(34)33-23-14-8-11-22(23)30(36)32(19-20-9-4-3-5-10-20)24-12-6-7-13-25(24)33/h3-7,9-10,12-13,15-17,22-23H,8,11,14,18-19H2,1-2H3,(H,31,35)/t22-,23+/m0/s1. The maximum absolute atomic E-state index is 13.8. The van der Waals surface area contributed by atoms with Crippen LogP contribution in [0.1, 0.15) is 35.2 Å². The molecule has 2 aliphatic rings. The monoisotopic (exact) mass is 513 g/mol. The first kappa shape index (κ1) is 25.3. The van der Waals surface area contributed by atoms with Crippen LogP contribution >= 0.6 is 0 Å². The average Bonchev–Trinajstić information content (AvgIpc) is 3.41. The second-order valence-electron chi connectivity index (χ2n) is 9.52. The molecule has 0 saturated heterocycles. The van der Waals surface area contributed by atoms with Gasteiger partial charge < -0.3 is 24.6 Å². The highest BCUT2D eigenvalue weighted by molar-refractivity contribution is 6.08. The molecule has 1 aliphatic heterocycles. The minimum absolute atomic E-state index is 0.0356. The smallest absolute Gasteiger partial charge is 0.251 e. The molecule has 3 aromatic rings. The van der Waals surface area contributed by atoms with Gasteiger partial charge in [-0.2, -0.15) is 0 Å². The molecule has 1 aliphatic carbocycles. The molecule has 0 bridgehead atoms. The van der Waals surface area contributed by atoms with Crippen molar-refractivity contribution >= 4 is 29.1 Å². The molecule has 2 atom stereocenters. The third-order valence-corrected chi connectivity index (χ3v) is 7.32. The van der Waals surface area contributed by atoms with Crippen LogP contribution in [0.3, 0.4) is 0 Å². The topological polar surface area (TPSA) is 88.2 Å². The SMILES string of the molecule is COc1ccc(C(=O)NCC(=O)N2c3ccccc3N(Cc3ccccc3)C(=O)[C@H]3CCC[C@H]32)cc1OC. The number of anilines is 2. The first-order chi connectivity index (χ1) is 18.5. The number of benzene rings is 3. The van der Waals surface area contributed by atoms with E-state index in [0.717, 1.165) is 24.8 Å². The number of fused-ring (bicyclic) bond motifs is 2. The first-order valence-electron chi connectivity index (χ1n) is 12.8. The van der Waals surface area contributed by atoms with Crippen LogP contribution in [-0.2, 0) is 16.1 Å². The fraction of sp³-hybridized carbons (Fsp3) is 0.300. The lowest BCUT2D eigenvalue weighted by Gasteiger charge is -2.30. The molecule has 8 nitrogen and oxygen atoms in total. The molecular weight excluding hydrogens is 482 g/mol. The van der Waals surface area contributed by atoms with E-state index in [2.05, 4.69) is 5.32 Å². The number of carbonyl (C=O) groups excluding carboxylic acids is 3. The Kier molecular flexibility index (Phi) is 7.31. The van der Waals surface area contributed by atoms with Gasteiger partial charge in [0, 0.05) is 11.6 Å². The van der Waals surface area contributed by atoms with E-state index in [9.17, 15) is 14.4 Å². The molecule has 1 saturated carbocycles. The molecule has 5 rings (SSSR count). The van der Waals surface area contributed by atoms with E-state index in [0.29, 0.717) is 35.0 Å². The third-order valence-electron chi connectivity index (χ3n) is 7.32. The number of nitrogens with one attached hydrogen (secondary N) is 1. The van der Waals surface area contributed by atoms with Crippen molar-refractivity contribution in [2.75, 3.05) is 30.6 Å². The average molecular weight is 514 g/mol. The van der Waals surface area contributed by atoms with Crippen molar-refractivity contribution in [3.8, 4) is 11.5 Å². The predicted molar refractivity (Wildman–Crippen MR) is 145 cm³/mol. The van der Waals surface area contributed by atoms with Crippen LogP contribution in [0.5, 0.6) is 11.5 Å². The van der Waals surface area contributed by atoms with Crippen molar-refractivity contribution in [2.45, 2.75) is 31.8 Å². The van der Waals surface area contributed by atoms with E-state index in [1.807, 2.05) is 59.5 Å². The van der Waals surface area contributed by atoms with E-state index in [1.165, 1.54) is 14.2 Å². The van der Waals surface area contributed by atoms with Gasteiger partial charge in [0.05, 0.1) is 44.6 Å². The molecule has 1 fully saturated rings. The summed E-state index contributed by atoms with van der Waals surface area (Å²) in [6.45, 7) is 0.232. The van der Waals surface area contributed by atoms with Crippen molar-refractivity contribution in [3.05, 3.63) is 83.9 Å². The minimum atomic E-state index is -0.396. The number of rotatable bonds is 7. The Bertz CT molecular complexity index is 1340. The largest absolute Gasteiger partial charge is 0.493 e. The summed E-state index contributed by atoms with van der Waals surface area (Å²) >= 11 is 0. The Labute approximate surface area is 222 Å². The summed E-state index contributed by atoms with van der Waals surface area (Å²) in [6.07, 6.45) is 2.33. The van der Waals surface area contributed by atoms with Gasteiger partial charge in [0.25, 0.3) is 5.91 Å². The highest BCUT2D eigenvalue weighted by Gasteiger charge is 2.45. The minimum Gasteiger partial charge on any atom is -0.493 e. The van der Waals surface area contributed by atoms with Crippen LogP contribution in [0.2, 0.25) is 0 Å². The van der Waals surface area contributed by atoms with E-state index < -0.39 is 5.91 Å². The van der Waals surface area contributed by atoms with Gasteiger partial charge in [0.2, 0.25) is 11.8 Å². The number of methoxy groups -OCH3 is 2. The molecule has 0 aromatic heterocycles. The van der Waals surface area contributed by atoms with Crippen molar-refractivity contribution in [3.63, 3.8) is 0 Å². The van der Waals surface area contributed by atoms with Crippen LogP contribution in [0.15, 0.2) is 72.8 Å². The third kappa shape index (κ3) is 4.81. The fourth-order valence-electron chi connectivity index (χ4n) is 5.50. The second-order valence-corrected chi connectivity index (χ2v) is 9.52. The summed E-state index contributed by atoms with van der Waals surface area (Å²) < 4.78 is 10.5. The summed E-state index contributed by atoms with van der Waals surface area (Å²) in [4.78, 5) is 44.0. The Hall–Kier alpha value is -4.33. The molecular formula is C30H31N3O5. The second kappa shape index (κ2) is 11.0. The van der Waals surface area contributed by atoms with E-state index >= 15 is 0 Å². The van der Waals surface area contributed by atoms with Gasteiger partial charge in [-0.25, -0.2) is 0 Å². The predicted octanol–water partition coefficient (Wildman–Crippen LogP) is 4.18. The Morgan fingerprint density at radius 1 is 0.895 bits per heavy atom. The van der Waals surface area contributed by atoms with Gasteiger partial charge in [0.1, 0.15) is 0 Å². The lowest BCUT2D eigenvalue weighted by atomic mass is 10.0. The molecule has 1 heterocycles. The first-order valence-corrected chi connectivity index (χ1v) is 12.8. The molecule has 1 N–H and O–H groups in total. The number of para-hydroxylation sites is 2. The zero-order valence-electron chi connectivity index (χ0n) is 21.6. The molecule has 8 heteroatoms. The van der Waals surface area contributed by atoms with Gasteiger partial charge in [0.15, 0.2) is 11.5 Å². The number of hydrogen-bond acceptors (Lipinski definition) is 5. The summed E-state index contributed by atoms with van der Waals surface area (Å²) in [7, 11) is 3.03. The lowest BCUT2D eigenvalue weighted by Crippen LogP contribution is -2.48. The highest BCUT2D eigenvalue weighted by Crippen LogP contribution is 2.43. The number of nitrogens with zero attached hydrogens (tertiary/aromatic N) is 2. The maximum Gasteiger partial charge on any atom is 0.251 e. The van der Waals surface area contributed by atoms with Crippen LogP contribution in [0.4, 0.5) is 11.4 Å². The number of hydrogen-bond donors (Lipinski definition) is 1. The molecule has 0 unspecified atom stereocenters.